The van der Waals surface area contributed by atoms with E-state index in [9.17, 15) is 4.79 Å². The van der Waals surface area contributed by atoms with Crippen molar-refractivity contribution in [3.05, 3.63) is 35.9 Å². The highest BCUT2D eigenvalue weighted by atomic mass is 16.5. The van der Waals surface area contributed by atoms with Crippen LogP contribution in [0.3, 0.4) is 0 Å². The van der Waals surface area contributed by atoms with Gasteiger partial charge in [0.25, 0.3) is 0 Å². The number of ketones is 1. The molecule has 3 heteroatoms. The van der Waals surface area contributed by atoms with E-state index in [2.05, 4.69) is 0 Å². The number of rotatable bonds is 8. The van der Waals surface area contributed by atoms with Crippen molar-refractivity contribution in [1.29, 1.82) is 0 Å². The largest absolute Gasteiger partial charge is 0.374 e. The van der Waals surface area contributed by atoms with Gasteiger partial charge in [-0.05, 0) is 18.4 Å². The molecule has 1 atom stereocenters. The van der Waals surface area contributed by atoms with Gasteiger partial charge in [-0.15, -0.1) is 0 Å². The lowest BCUT2D eigenvalue weighted by molar-refractivity contribution is -0.123. The molecule has 17 heavy (non-hydrogen) atoms. The quantitative estimate of drug-likeness (QED) is 0.704. The number of hydrogen-bond donors (Lipinski definition) is 1. The van der Waals surface area contributed by atoms with Crippen molar-refractivity contribution in [3.63, 3.8) is 0 Å². The lowest BCUT2D eigenvalue weighted by Gasteiger charge is -2.11. The minimum Gasteiger partial charge on any atom is -0.374 e. The van der Waals surface area contributed by atoms with E-state index < -0.39 is 0 Å². The van der Waals surface area contributed by atoms with E-state index in [0.29, 0.717) is 19.4 Å². The summed E-state index contributed by atoms with van der Waals surface area (Å²) < 4.78 is 5.19. The van der Waals surface area contributed by atoms with Crippen LogP contribution in [0.4, 0.5) is 0 Å². The van der Waals surface area contributed by atoms with Gasteiger partial charge in [0.05, 0.1) is 0 Å². The van der Waals surface area contributed by atoms with Crippen molar-refractivity contribution in [2.75, 3.05) is 13.2 Å². The third-order valence-corrected chi connectivity index (χ3v) is 2.57. The average Bonchev–Trinajstić information content (AvgIpc) is 2.37. The van der Waals surface area contributed by atoms with Crippen molar-refractivity contribution in [2.24, 2.45) is 5.73 Å². The van der Waals surface area contributed by atoms with Crippen LogP contribution in [0.25, 0.3) is 0 Å². The summed E-state index contributed by atoms with van der Waals surface area (Å²) in [7, 11) is 0. The molecule has 0 aliphatic rings. The van der Waals surface area contributed by atoms with E-state index in [1.165, 1.54) is 0 Å². The van der Waals surface area contributed by atoms with Gasteiger partial charge >= 0.3 is 0 Å². The monoisotopic (exact) mass is 235 g/mol. The Hall–Kier alpha value is -1.19. The normalized spacial score (nSPS) is 12.4. The molecule has 0 bridgehead atoms. The molecule has 94 valence electrons. The molecular weight excluding hydrogens is 214 g/mol. The molecule has 1 aromatic carbocycles. The fraction of sp³-hybridized carbons (Fsp3) is 0.500. The van der Waals surface area contributed by atoms with Crippen LogP contribution in [0.1, 0.15) is 37.8 Å². The number of carbonyl (C=O) groups is 1. The summed E-state index contributed by atoms with van der Waals surface area (Å²) in [5.41, 5.74) is 7.08. The highest BCUT2D eigenvalue weighted by Gasteiger charge is 2.08. The number of carbonyl (C=O) groups excluding carboxylic acids is 1. The second kappa shape index (κ2) is 7.98. The Bertz CT molecular complexity index is 324. The Morgan fingerprint density at radius 1 is 1.35 bits per heavy atom. The topological polar surface area (TPSA) is 52.3 Å². The fourth-order valence-corrected chi connectivity index (χ4v) is 1.59. The predicted octanol–water partition coefficient (Wildman–Crippen LogP) is 2.46. The van der Waals surface area contributed by atoms with Crippen molar-refractivity contribution in [2.45, 2.75) is 32.2 Å². The molecule has 0 aliphatic heterocycles. The van der Waals surface area contributed by atoms with Gasteiger partial charge < -0.3 is 10.5 Å². The Labute approximate surface area is 103 Å². The van der Waals surface area contributed by atoms with Crippen molar-refractivity contribution < 1.29 is 9.53 Å². The van der Waals surface area contributed by atoms with Crippen molar-refractivity contribution in [1.82, 2.24) is 0 Å². The molecule has 1 aromatic rings. The zero-order valence-electron chi connectivity index (χ0n) is 10.4. The molecule has 0 amide bonds. The molecule has 1 unspecified atom stereocenters. The lowest BCUT2D eigenvalue weighted by Crippen LogP contribution is -2.15. The smallest absolute Gasteiger partial charge is 0.158 e. The van der Waals surface area contributed by atoms with Crippen molar-refractivity contribution in [3.8, 4) is 0 Å². The summed E-state index contributed by atoms with van der Waals surface area (Å²) in [4.78, 5) is 11.5. The van der Waals surface area contributed by atoms with Crippen LogP contribution in [0.5, 0.6) is 0 Å². The summed E-state index contributed by atoms with van der Waals surface area (Å²) >= 11 is 0. The average molecular weight is 235 g/mol. The molecular formula is C14H21NO2. The fourth-order valence-electron chi connectivity index (χ4n) is 1.59. The highest BCUT2D eigenvalue weighted by molar-refractivity contribution is 5.79. The Kier molecular flexibility index (Phi) is 6.51. The maximum atomic E-state index is 11.5. The van der Waals surface area contributed by atoms with Crippen LogP contribution in [0.15, 0.2) is 30.3 Å². The van der Waals surface area contributed by atoms with Gasteiger partial charge in [-0.2, -0.15) is 0 Å². The van der Waals surface area contributed by atoms with E-state index in [4.69, 9.17) is 10.5 Å². The molecule has 0 saturated carbocycles. The number of benzene rings is 1. The molecule has 0 aliphatic carbocycles. The number of nitrogens with two attached hydrogens (primary N) is 1. The summed E-state index contributed by atoms with van der Waals surface area (Å²) in [5.74, 6) is 0.129. The molecule has 0 radical (unpaired) electrons. The van der Waals surface area contributed by atoms with Crippen LogP contribution < -0.4 is 5.73 Å². The SMILES string of the molecule is CCCOCC(=O)CCC(N)c1ccccc1. The maximum absolute atomic E-state index is 11.5. The van der Waals surface area contributed by atoms with E-state index in [-0.39, 0.29) is 18.4 Å². The Balaban J connectivity index is 2.24. The second-order valence-electron chi connectivity index (χ2n) is 4.15. The van der Waals surface area contributed by atoms with E-state index in [0.717, 1.165) is 12.0 Å². The minimum atomic E-state index is -0.0636. The molecule has 0 saturated heterocycles. The first-order chi connectivity index (χ1) is 8.24. The predicted molar refractivity (Wildman–Crippen MR) is 68.7 cm³/mol. The summed E-state index contributed by atoms with van der Waals surface area (Å²) in [5, 5.41) is 0. The molecule has 0 spiro atoms. The molecule has 1 rings (SSSR count). The summed E-state index contributed by atoms with van der Waals surface area (Å²) in [6, 6.07) is 9.79. The standard InChI is InChI=1S/C14H21NO2/c1-2-10-17-11-13(16)8-9-14(15)12-6-4-3-5-7-12/h3-7,14H,2,8-11,15H2,1H3. The molecule has 3 nitrogen and oxygen atoms in total. The Morgan fingerprint density at radius 2 is 2.06 bits per heavy atom. The zero-order chi connectivity index (χ0) is 12.5. The van der Waals surface area contributed by atoms with Gasteiger partial charge in [-0.3, -0.25) is 4.79 Å². The van der Waals surface area contributed by atoms with E-state index in [1.54, 1.807) is 0 Å². The van der Waals surface area contributed by atoms with Crippen LogP contribution in [0.2, 0.25) is 0 Å². The minimum absolute atomic E-state index is 0.0636. The number of Topliss-reactive ketones (excluding diaryl/α,β-unsaturated/α-hetero) is 1. The van der Waals surface area contributed by atoms with Crippen LogP contribution in [-0.4, -0.2) is 19.0 Å². The molecule has 0 aromatic heterocycles. The molecule has 0 fully saturated rings. The van der Waals surface area contributed by atoms with E-state index >= 15 is 0 Å². The van der Waals surface area contributed by atoms with Gasteiger partial charge in [0, 0.05) is 19.1 Å². The van der Waals surface area contributed by atoms with Crippen molar-refractivity contribution >= 4 is 5.78 Å². The molecule has 2 N–H and O–H groups in total. The van der Waals surface area contributed by atoms with Gasteiger partial charge in [-0.25, -0.2) is 0 Å². The van der Waals surface area contributed by atoms with Crippen LogP contribution in [-0.2, 0) is 9.53 Å². The lowest BCUT2D eigenvalue weighted by atomic mass is 10.0. The van der Waals surface area contributed by atoms with Gasteiger partial charge in [0.15, 0.2) is 5.78 Å². The first kappa shape index (κ1) is 13.9. The van der Waals surface area contributed by atoms with Crippen LogP contribution >= 0.6 is 0 Å². The van der Waals surface area contributed by atoms with Gasteiger partial charge in [0.2, 0.25) is 0 Å². The van der Waals surface area contributed by atoms with Crippen LogP contribution in [0, 0.1) is 0 Å². The third kappa shape index (κ3) is 5.61. The Morgan fingerprint density at radius 3 is 2.71 bits per heavy atom. The number of ether oxygens (including phenoxy) is 1. The van der Waals surface area contributed by atoms with Gasteiger partial charge in [-0.1, -0.05) is 37.3 Å². The summed E-state index contributed by atoms with van der Waals surface area (Å²) in [6.07, 6.45) is 2.11. The molecule has 0 heterocycles. The van der Waals surface area contributed by atoms with E-state index in [1.807, 2.05) is 37.3 Å². The number of hydrogen-bond acceptors (Lipinski definition) is 3. The maximum Gasteiger partial charge on any atom is 0.158 e. The first-order valence-electron chi connectivity index (χ1n) is 6.14. The highest BCUT2D eigenvalue weighted by Crippen LogP contribution is 2.15. The second-order valence-corrected chi connectivity index (χ2v) is 4.15. The third-order valence-electron chi connectivity index (χ3n) is 2.57. The first-order valence-corrected chi connectivity index (χ1v) is 6.14. The summed E-state index contributed by atoms with van der Waals surface area (Å²) in [6.45, 7) is 2.89. The van der Waals surface area contributed by atoms with Gasteiger partial charge in [0.1, 0.15) is 6.61 Å². The zero-order valence-corrected chi connectivity index (χ0v) is 10.4.